The molecule has 0 aliphatic heterocycles. The van der Waals surface area contributed by atoms with Crippen molar-refractivity contribution in [1.82, 2.24) is 20.1 Å². The number of benzene rings is 2. The number of esters is 1. The number of rotatable bonds is 12. The van der Waals surface area contributed by atoms with Gasteiger partial charge in [-0.25, -0.2) is 4.79 Å². The summed E-state index contributed by atoms with van der Waals surface area (Å²) >= 11 is 13.4. The Hall–Kier alpha value is -3.34. The van der Waals surface area contributed by atoms with Crippen LogP contribution in [0.1, 0.15) is 53.4 Å². The maximum absolute atomic E-state index is 13.0. The van der Waals surface area contributed by atoms with Crippen LogP contribution in [0.3, 0.4) is 0 Å². The molecule has 3 rings (SSSR count). The second-order valence-corrected chi connectivity index (χ2v) is 10.5. The summed E-state index contributed by atoms with van der Waals surface area (Å²) in [6.45, 7) is 10.1. The first-order valence-electron chi connectivity index (χ1n) is 12.1. The number of nitrogens with zero attached hydrogens (tertiary/aromatic N) is 3. The molecule has 0 spiro atoms. The van der Waals surface area contributed by atoms with Crippen molar-refractivity contribution in [2.75, 3.05) is 17.7 Å². The lowest BCUT2D eigenvalue weighted by Crippen LogP contribution is -2.34. The smallest absolute Gasteiger partial charge is 0.338 e. The Labute approximate surface area is 241 Å². The lowest BCUT2D eigenvalue weighted by atomic mass is 10.0. The number of carbonyl (C=O) groups is 3. The van der Waals surface area contributed by atoms with Crippen LogP contribution in [0.25, 0.3) is 0 Å². The number of hydrogen-bond acceptors (Lipinski definition) is 7. The van der Waals surface area contributed by atoms with Crippen LogP contribution in [0.5, 0.6) is 0 Å². The third-order valence-electron chi connectivity index (χ3n) is 5.45. The Balaban J connectivity index is 1.74. The zero-order chi connectivity index (χ0) is 28.5. The molecule has 0 unspecified atom stereocenters. The maximum Gasteiger partial charge on any atom is 0.338 e. The van der Waals surface area contributed by atoms with E-state index in [0.717, 1.165) is 0 Å². The third kappa shape index (κ3) is 8.08. The fourth-order valence-corrected chi connectivity index (χ4v) is 4.87. The monoisotopic (exact) mass is 589 g/mol. The van der Waals surface area contributed by atoms with Gasteiger partial charge in [-0.05, 0) is 49.2 Å². The van der Waals surface area contributed by atoms with Crippen molar-refractivity contribution in [2.24, 2.45) is 5.92 Å². The first kappa shape index (κ1) is 30.2. The highest BCUT2D eigenvalue weighted by Crippen LogP contribution is 2.27. The standard InChI is InChI=1S/C27H29Cl2N5O4S/c1-5-12-34-24(23(16(3)4)31-25(36)20-11-10-18(28)14-21(20)29)32-33-27(34)39-15-22(35)30-19-9-7-8-17(13-19)26(37)38-6-2/h5,7-11,13-14,16,23H,1,6,12,15H2,2-4H3,(H,30,35)(H,31,36)/t23-/m1/s1. The van der Waals surface area contributed by atoms with Crippen molar-refractivity contribution in [3.8, 4) is 0 Å². The van der Waals surface area contributed by atoms with E-state index in [4.69, 9.17) is 27.9 Å². The number of amides is 2. The second-order valence-electron chi connectivity index (χ2n) is 8.70. The SMILES string of the molecule is C=CCn1c(SCC(=O)Nc2cccc(C(=O)OCC)c2)nnc1[C@H](NC(=O)c1ccc(Cl)cc1Cl)C(C)C. The van der Waals surface area contributed by atoms with E-state index in [1.165, 1.54) is 17.8 Å². The van der Waals surface area contributed by atoms with Gasteiger partial charge in [0.15, 0.2) is 11.0 Å². The van der Waals surface area contributed by atoms with E-state index in [2.05, 4.69) is 27.4 Å². The molecule has 0 saturated carbocycles. The summed E-state index contributed by atoms with van der Waals surface area (Å²) < 4.78 is 6.81. The van der Waals surface area contributed by atoms with Crippen LogP contribution >= 0.6 is 35.0 Å². The normalized spacial score (nSPS) is 11.6. The van der Waals surface area contributed by atoms with Crippen LogP contribution < -0.4 is 10.6 Å². The zero-order valence-corrected chi connectivity index (χ0v) is 24.1. The van der Waals surface area contributed by atoms with Gasteiger partial charge in [-0.15, -0.1) is 16.8 Å². The minimum atomic E-state index is -0.495. The largest absolute Gasteiger partial charge is 0.462 e. The molecule has 0 aliphatic rings. The first-order chi connectivity index (χ1) is 18.6. The van der Waals surface area contributed by atoms with E-state index in [9.17, 15) is 14.4 Å². The van der Waals surface area contributed by atoms with Crippen molar-refractivity contribution < 1.29 is 19.1 Å². The molecule has 0 radical (unpaired) electrons. The Kier molecular flexibility index (Phi) is 11.0. The van der Waals surface area contributed by atoms with Crippen LogP contribution in [-0.2, 0) is 16.1 Å². The summed E-state index contributed by atoms with van der Waals surface area (Å²) in [5, 5.41) is 15.6. The third-order valence-corrected chi connectivity index (χ3v) is 6.97. The quantitative estimate of drug-likeness (QED) is 0.156. The zero-order valence-electron chi connectivity index (χ0n) is 21.7. The number of nitrogens with one attached hydrogen (secondary N) is 2. The molecule has 1 aromatic heterocycles. The number of allylic oxidation sites excluding steroid dienone is 1. The van der Waals surface area contributed by atoms with E-state index in [-0.39, 0.29) is 35.1 Å². The summed E-state index contributed by atoms with van der Waals surface area (Å²) in [6.07, 6.45) is 1.69. The highest BCUT2D eigenvalue weighted by Gasteiger charge is 2.27. The van der Waals surface area contributed by atoms with Crippen molar-refractivity contribution in [1.29, 1.82) is 0 Å². The van der Waals surface area contributed by atoms with Crippen molar-refractivity contribution >= 4 is 58.4 Å². The fourth-order valence-electron chi connectivity index (χ4n) is 3.63. The number of anilines is 1. The highest BCUT2D eigenvalue weighted by molar-refractivity contribution is 7.99. The molecule has 39 heavy (non-hydrogen) atoms. The lowest BCUT2D eigenvalue weighted by Gasteiger charge is -2.23. The van der Waals surface area contributed by atoms with E-state index >= 15 is 0 Å². The molecule has 0 saturated heterocycles. The number of hydrogen-bond donors (Lipinski definition) is 2. The molecule has 3 aromatic rings. The molecule has 2 aromatic carbocycles. The van der Waals surface area contributed by atoms with E-state index in [1.54, 1.807) is 54.0 Å². The van der Waals surface area contributed by atoms with Gasteiger partial charge < -0.3 is 19.9 Å². The van der Waals surface area contributed by atoms with Crippen LogP contribution in [0.2, 0.25) is 10.0 Å². The Morgan fingerprint density at radius 1 is 1.15 bits per heavy atom. The lowest BCUT2D eigenvalue weighted by molar-refractivity contribution is -0.113. The van der Waals surface area contributed by atoms with Gasteiger partial charge in [0.25, 0.3) is 5.91 Å². The summed E-state index contributed by atoms with van der Waals surface area (Å²) in [5.41, 5.74) is 1.11. The molecule has 2 N–H and O–H groups in total. The molecule has 0 aliphatic carbocycles. The number of carbonyl (C=O) groups excluding carboxylic acids is 3. The average molecular weight is 591 g/mol. The summed E-state index contributed by atoms with van der Waals surface area (Å²) in [5.74, 6) is -0.603. The molecule has 12 heteroatoms. The molecule has 9 nitrogen and oxygen atoms in total. The minimum Gasteiger partial charge on any atom is -0.462 e. The molecule has 0 bridgehead atoms. The molecular weight excluding hydrogens is 561 g/mol. The predicted molar refractivity (Wildman–Crippen MR) is 153 cm³/mol. The number of ether oxygens (including phenoxy) is 1. The van der Waals surface area contributed by atoms with Gasteiger partial charge in [-0.3, -0.25) is 9.59 Å². The predicted octanol–water partition coefficient (Wildman–Crippen LogP) is 5.81. The average Bonchev–Trinajstić information content (AvgIpc) is 3.28. The van der Waals surface area contributed by atoms with Crippen molar-refractivity contribution in [2.45, 2.75) is 38.5 Å². The molecular formula is C27H29Cl2N5O4S. The van der Waals surface area contributed by atoms with Gasteiger partial charge in [0.05, 0.1) is 34.6 Å². The molecule has 206 valence electrons. The Morgan fingerprint density at radius 3 is 2.59 bits per heavy atom. The maximum atomic E-state index is 13.0. The van der Waals surface area contributed by atoms with E-state index in [1.807, 2.05) is 13.8 Å². The number of halogens is 2. The van der Waals surface area contributed by atoms with Crippen LogP contribution in [0.15, 0.2) is 60.3 Å². The second kappa shape index (κ2) is 14.2. The Bertz CT molecular complexity index is 1360. The summed E-state index contributed by atoms with van der Waals surface area (Å²) in [6, 6.07) is 10.7. The fraction of sp³-hybridized carbons (Fsp3) is 0.296. The van der Waals surface area contributed by atoms with Crippen LogP contribution in [0, 0.1) is 5.92 Å². The van der Waals surface area contributed by atoms with Crippen LogP contribution in [0.4, 0.5) is 5.69 Å². The molecule has 1 heterocycles. The number of aromatic nitrogens is 3. The van der Waals surface area contributed by atoms with E-state index < -0.39 is 12.0 Å². The van der Waals surface area contributed by atoms with Crippen molar-refractivity contribution in [3.05, 3.63) is 82.1 Å². The van der Waals surface area contributed by atoms with Gasteiger partial charge in [0, 0.05) is 17.3 Å². The molecule has 1 atom stereocenters. The molecule has 0 fully saturated rings. The first-order valence-corrected chi connectivity index (χ1v) is 13.9. The van der Waals surface area contributed by atoms with Gasteiger partial charge in [-0.2, -0.15) is 0 Å². The number of thioether (sulfide) groups is 1. The highest BCUT2D eigenvalue weighted by atomic mass is 35.5. The van der Waals surface area contributed by atoms with Gasteiger partial charge in [0.2, 0.25) is 5.91 Å². The van der Waals surface area contributed by atoms with Gasteiger partial charge >= 0.3 is 5.97 Å². The topological polar surface area (TPSA) is 115 Å². The minimum absolute atomic E-state index is 0.0397. The van der Waals surface area contributed by atoms with Crippen LogP contribution in [-0.4, -0.2) is 44.9 Å². The summed E-state index contributed by atoms with van der Waals surface area (Å²) in [7, 11) is 0. The van der Waals surface area contributed by atoms with Gasteiger partial charge in [-0.1, -0.05) is 61.0 Å². The summed E-state index contributed by atoms with van der Waals surface area (Å²) in [4.78, 5) is 37.7. The Morgan fingerprint density at radius 2 is 1.92 bits per heavy atom. The van der Waals surface area contributed by atoms with Gasteiger partial charge in [0.1, 0.15) is 0 Å². The molecule has 2 amide bonds. The van der Waals surface area contributed by atoms with E-state index in [0.29, 0.717) is 39.4 Å². The van der Waals surface area contributed by atoms with Crippen molar-refractivity contribution in [3.63, 3.8) is 0 Å².